The van der Waals surface area contributed by atoms with Gasteiger partial charge in [0.1, 0.15) is 0 Å². The molecule has 0 heterocycles. The number of benzene rings is 2. The molecule has 90 valence electrons. The van der Waals surface area contributed by atoms with Crippen LogP contribution in [-0.2, 0) is 0 Å². The van der Waals surface area contributed by atoms with E-state index in [1.54, 1.807) is 0 Å². The zero-order valence-corrected chi connectivity index (χ0v) is 11.2. The number of aryl methyl sites for hydroxylation is 1. The molecule has 2 heteroatoms. The Hall–Kier alpha value is -1.80. The van der Waals surface area contributed by atoms with Crippen LogP contribution in [0, 0.1) is 6.92 Å². The van der Waals surface area contributed by atoms with Crippen LogP contribution < -0.4 is 0 Å². The van der Waals surface area contributed by atoms with Gasteiger partial charge in [-0.3, -0.25) is 4.99 Å². The molecule has 0 aliphatic carbocycles. The van der Waals surface area contributed by atoms with Crippen molar-refractivity contribution in [1.82, 2.24) is 0 Å². The van der Waals surface area contributed by atoms with E-state index in [4.69, 9.17) is 0 Å². The van der Waals surface area contributed by atoms with Crippen molar-refractivity contribution in [1.29, 1.82) is 0 Å². The van der Waals surface area contributed by atoms with Gasteiger partial charge in [-0.25, -0.2) is 0 Å². The third-order valence-corrected chi connectivity index (χ3v) is 3.28. The van der Waals surface area contributed by atoms with Crippen molar-refractivity contribution >= 4 is 30.6 Å². The lowest BCUT2D eigenvalue weighted by Crippen LogP contribution is -1.90. The van der Waals surface area contributed by atoms with E-state index in [1.165, 1.54) is 5.56 Å². The van der Waals surface area contributed by atoms with Crippen molar-refractivity contribution in [3.63, 3.8) is 0 Å². The molecule has 1 nitrogen and oxygen atoms in total. The Labute approximate surface area is 113 Å². The van der Waals surface area contributed by atoms with Gasteiger partial charge in [-0.05, 0) is 30.2 Å². The quantitative estimate of drug-likeness (QED) is 0.602. The molecule has 2 rings (SSSR count). The van der Waals surface area contributed by atoms with E-state index >= 15 is 0 Å². The van der Waals surface area contributed by atoms with Crippen LogP contribution in [0.25, 0.3) is 6.08 Å². The van der Waals surface area contributed by atoms with Gasteiger partial charge in [0.15, 0.2) is 0 Å². The van der Waals surface area contributed by atoms with Crippen LogP contribution in [0.1, 0.15) is 16.7 Å². The Kier molecular flexibility index (Phi) is 4.00. The van der Waals surface area contributed by atoms with E-state index in [0.29, 0.717) is 0 Å². The summed E-state index contributed by atoms with van der Waals surface area (Å²) >= 11 is 4.55. The summed E-state index contributed by atoms with van der Waals surface area (Å²) in [5.74, 6) is 0. The topological polar surface area (TPSA) is 12.4 Å². The molecule has 0 amide bonds. The Morgan fingerprint density at radius 2 is 1.83 bits per heavy atom. The number of aliphatic imine (C=N–C) groups is 1. The molecular formula is C16H15NS. The SMILES string of the molecule is C=Cc1c(C)ccc(/C=N/c2ccccc2)c1S. The molecular weight excluding hydrogens is 238 g/mol. The third-order valence-electron chi connectivity index (χ3n) is 2.78. The van der Waals surface area contributed by atoms with E-state index in [-0.39, 0.29) is 0 Å². The number of rotatable bonds is 3. The van der Waals surface area contributed by atoms with Crippen molar-refractivity contribution in [3.05, 3.63) is 65.7 Å². The van der Waals surface area contributed by atoms with Gasteiger partial charge in [-0.2, -0.15) is 0 Å². The van der Waals surface area contributed by atoms with Crippen molar-refractivity contribution in [2.24, 2.45) is 4.99 Å². The molecule has 0 aromatic heterocycles. The molecule has 0 N–H and O–H groups in total. The summed E-state index contributed by atoms with van der Waals surface area (Å²) in [6.45, 7) is 5.87. The molecule has 0 aliphatic heterocycles. The predicted molar refractivity (Wildman–Crippen MR) is 82.2 cm³/mol. The van der Waals surface area contributed by atoms with E-state index in [0.717, 1.165) is 21.7 Å². The molecule has 0 saturated heterocycles. The number of para-hydroxylation sites is 1. The van der Waals surface area contributed by atoms with Crippen LogP contribution in [0.5, 0.6) is 0 Å². The van der Waals surface area contributed by atoms with Crippen molar-refractivity contribution in [2.45, 2.75) is 11.8 Å². The second kappa shape index (κ2) is 5.69. The normalized spacial score (nSPS) is 10.8. The van der Waals surface area contributed by atoms with Gasteiger partial charge in [0.25, 0.3) is 0 Å². The van der Waals surface area contributed by atoms with Crippen molar-refractivity contribution in [2.75, 3.05) is 0 Å². The van der Waals surface area contributed by atoms with Crippen LogP contribution in [0.3, 0.4) is 0 Å². The molecule has 0 fully saturated rings. The van der Waals surface area contributed by atoms with Gasteiger partial charge in [0.05, 0.1) is 5.69 Å². The minimum Gasteiger partial charge on any atom is -0.256 e. The van der Waals surface area contributed by atoms with E-state index in [1.807, 2.05) is 48.7 Å². The molecule has 2 aromatic rings. The predicted octanol–water partition coefficient (Wildman–Crippen LogP) is 4.68. The number of thiol groups is 1. The average molecular weight is 253 g/mol. The lowest BCUT2D eigenvalue weighted by molar-refractivity contribution is 1.32. The Balaban J connectivity index is 2.36. The first-order valence-corrected chi connectivity index (χ1v) is 6.21. The van der Waals surface area contributed by atoms with Gasteiger partial charge < -0.3 is 0 Å². The van der Waals surface area contributed by atoms with E-state index in [2.05, 4.69) is 37.2 Å². The minimum absolute atomic E-state index is 0.921. The summed E-state index contributed by atoms with van der Waals surface area (Å²) in [6.07, 6.45) is 3.67. The highest BCUT2D eigenvalue weighted by molar-refractivity contribution is 7.80. The fraction of sp³-hybridized carbons (Fsp3) is 0.0625. The Morgan fingerprint density at radius 3 is 2.50 bits per heavy atom. The first-order chi connectivity index (χ1) is 8.72. The molecule has 18 heavy (non-hydrogen) atoms. The number of hydrogen-bond acceptors (Lipinski definition) is 2. The highest BCUT2D eigenvalue weighted by atomic mass is 32.1. The molecule has 0 aliphatic rings. The lowest BCUT2D eigenvalue weighted by Gasteiger charge is -2.07. The molecule has 0 saturated carbocycles. The molecule has 0 atom stereocenters. The zero-order chi connectivity index (χ0) is 13.0. The van der Waals surface area contributed by atoms with Crippen LogP contribution >= 0.6 is 12.6 Å². The number of hydrogen-bond donors (Lipinski definition) is 1. The minimum atomic E-state index is 0.921. The summed E-state index contributed by atoms with van der Waals surface area (Å²) in [6, 6.07) is 13.9. The third kappa shape index (κ3) is 2.71. The average Bonchev–Trinajstić information content (AvgIpc) is 2.40. The molecule has 0 radical (unpaired) electrons. The lowest BCUT2D eigenvalue weighted by atomic mass is 10.1. The van der Waals surface area contributed by atoms with E-state index < -0.39 is 0 Å². The Morgan fingerprint density at radius 1 is 1.11 bits per heavy atom. The summed E-state index contributed by atoms with van der Waals surface area (Å²) < 4.78 is 0. The van der Waals surface area contributed by atoms with Crippen LogP contribution in [0.15, 0.2) is 58.9 Å². The fourth-order valence-electron chi connectivity index (χ4n) is 1.75. The van der Waals surface area contributed by atoms with Crippen LogP contribution in [0.4, 0.5) is 5.69 Å². The van der Waals surface area contributed by atoms with Gasteiger partial charge in [-0.1, -0.05) is 43.0 Å². The standard InChI is InChI=1S/C16H15NS/c1-3-15-12(2)9-10-13(16(15)18)11-17-14-7-5-4-6-8-14/h3-11,18H,1H2,2H3/b17-11+. The highest BCUT2D eigenvalue weighted by Gasteiger charge is 2.03. The second-order valence-corrected chi connectivity index (χ2v) is 4.48. The molecule has 0 spiro atoms. The molecule has 2 aromatic carbocycles. The Bertz CT molecular complexity index is 586. The summed E-state index contributed by atoms with van der Waals surface area (Å²) in [7, 11) is 0. The zero-order valence-electron chi connectivity index (χ0n) is 10.3. The summed E-state index contributed by atoms with van der Waals surface area (Å²) in [4.78, 5) is 5.36. The highest BCUT2D eigenvalue weighted by Crippen LogP contribution is 2.23. The summed E-state index contributed by atoms with van der Waals surface area (Å²) in [5.41, 5.74) is 4.18. The maximum atomic E-state index is 4.55. The number of nitrogens with zero attached hydrogens (tertiary/aromatic N) is 1. The monoisotopic (exact) mass is 253 g/mol. The molecule has 0 bridgehead atoms. The smallest absolute Gasteiger partial charge is 0.0629 e. The van der Waals surface area contributed by atoms with Gasteiger partial charge >= 0.3 is 0 Å². The first-order valence-electron chi connectivity index (χ1n) is 5.76. The maximum absolute atomic E-state index is 4.55. The van der Waals surface area contributed by atoms with Crippen LogP contribution in [-0.4, -0.2) is 6.21 Å². The van der Waals surface area contributed by atoms with Crippen LogP contribution in [0.2, 0.25) is 0 Å². The molecule has 0 unspecified atom stereocenters. The fourth-order valence-corrected chi connectivity index (χ4v) is 2.15. The summed E-state index contributed by atoms with van der Waals surface area (Å²) in [5, 5.41) is 0. The maximum Gasteiger partial charge on any atom is 0.0629 e. The first kappa shape index (κ1) is 12.7. The van der Waals surface area contributed by atoms with Gasteiger partial charge in [0, 0.05) is 16.7 Å². The van der Waals surface area contributed by atoms with Crippen molar-refractivity contribution in [3.8, 4) is 0 Å². The van der Waals surface area contributed by atoms with Gasteiger partial charge in [-0.15, -0.1) is 12.6 Å². The van der Waals surface area contributed by atoms with E-state index in [9.17, 15) is 0 Å². The van der Waals surface area contributed by atoms with Gasteiger partial charge in [0.2, 0.25) is 0 Å². The largest absolute Gasteiger partial charge is 0.256 e. The second-order valence-electron chi connectivity index (χ2n) is 4.03. The van der Waals surface area contributed by atoms with Crippen molar-refractivity contribution < 1.29 is 0 Å².